The van der Waals surface area contributed by atoms with Gasteiger partial charge in [0.2, 0.25) is 0 Å². The number of hydrogen-bond donors (Lipinski definition) is 1. The lowest BCUT2D eigenvalue weighted by atomic mass is 10.1. The molecule has 86 valence electrons. The minimum Gasteiger partial charge on any atom is -0.486 e. The summed E-state index contributed by atoms with van der Waals surface area (Å²) in [5.41, 5.74) is -0.686. The van der Waals surface area contributed by atoms with Gasteiger partial charge in [-0.25, -0.2) is 13.6 Å². The van der Waals surface area contributed by atoms with Crippen molar-refractivity contribution in [3.8, 4) is 11.5 Å². The Bertz CT molecular complexity index is 431. The molecule has 0 fully saturated rings. The van der Waals surface area contributed by atoms with Crippen LogP contribution in [0.4, 0.5) is 8.78 Å². The molecular weight excluding hydrogens is 222 g/mol. The molecule has 1 N–H and O–H groups in total. The first kappa shape index (κ1) is 10.7. The van der Waals surface area contributed by atoms with E-state index in [4.69, 9.17) is 14.6 Å². The van der Waals surface area contributed by atoms with Crippen molar-refractivity contribution in [1.29, 1.82) is 0 Å². The average Bonchev–Trinajstić information content (AvgIpc) is 2.27. The molecule has 0 amide bonds. The Morgan fingerprint density at radius 1 is 1.31 bits per heavy atom. The van der Waals surface area contributed by atoms with E-state index in [0.29, 0.717) is 0 Å². The van der Waals surface area contributed by atoms with E-state index in [1.165, 1.54) is 6.07 Å². The van der Waals surface area contributed by atoms with Crippen molar-refractivity contribution in [3.63, 3.8) is 0 Å². The lowest BCUT2D eigenvalue weighted by Crippen LogP contribution is -2.17. The Morgan fingerprint density at radius 3 is 2.62 bits per heavy atom. The number of halogens is 2. The monoisotopic (exact) mass is 230 g/mol. The number of benzene rings is 1. The van der Waals surface area contributed by atoms with Gasteiger partial charge in [0.15, 0.2) is 11.5 Å². The predicted octanol–water partition coefficient (Wildman–Crippen LogP) is 2.09. The number of carboxylic acids is 1. The van der Waals surface area contributed by atoms with E-state index in [2.05, 4.69) is 0 Å². The highest BCUT2D eigenvalue weighted by molar-refractivity contribution is 5.89. The van der Waals surface area contributed by atoms with Gasteiger partial charge in [-0.05, 0) is 12.1 Å². The summed E-state index contributed by atoms with van der Waals surface area (Å²) in [6.07, 6.45) is -2.80. The van der Waals surface area contributed by atoms with Gasteiger partial charge in [-0.1, -0.05) is 0 Å². The zero-order chi connectivity index (χ0) is 11.7. The van der Waals surface area contributed by atoms with Crippen LogP contribution in [0.3, 0.4) is 0 Å². The van der Waals surface area contributed by atoms with Gasteiger partial charge >= 0.3 is 5.97 Å². The molecule has 1 aliphatic rings. The van der Waals surface area contributed by atoms with Crippen LogP contribution in [0.5, 0.6) is 11.5 Å². The van der Waals surface area contributed by atoms with Gasteiger partial charge in [-0.3, -0.25) is 0 Å². The van der Waals surface area contributed by atoms with E-state index < -0.39 is 18.0 Å². The molecule has 0 radical (unpaired) electrons. The third-order valence-electron chi connectivity index (χ3n) is 2.15. The molecule has 1 aromatic rings. The lowest BCUT2D eigenvalue weighted by Gasteiger charge is -2.21. The van der Waals surface area contributed by atoms with Crippen LogP contribution in [0.15, 0.2) is 12.1 Å². The number of carbonyl (C=O) groups is 1. The van der Waals surface area contributed by atoms with Gasteiger partial charge in [0.1, 0.15) is 13.2 Å². The SMILES string of the molecule is O=C(O)c1cc2c(c(C(F)F)c1)OCCO2. The maximum absolute atomic E-state index is 12.7. The third kappa shape index (κ3) is 1.78. The van der Waals surface area contributed by atoms with Crippen LogP contribution in [0.2, 0.25) is 0 Å². The smallest absolute Gasteiger partial charge is 0.335 e. The van der Waals surface area contributed by atoms with E-state index in [1.54, 1.807) is 0 Å². The molecule has 4 nitrogen and oxygen atoms in total. The second-order valence-corrected chi connectivity index (χ2v) is 3.20. The van der Waals surface area contributed by atoms with Crippen LogP contribution >= 0.6 is 0 Å². The molecule has 0 spiro atoms. The van der Waals surface area contributed by atoms with Crippen LogP contribution in [0.25, 0.3) is 0 Å². The minimum absolute atomic E-state index is 0.0569. The quantitative estimate of drug-likeness (QED) is 0.845. The van der Waals surface area contributed by atoms with Crippen molar-refractivity contribution >= 4 is 5.97 Å². The van der Waals surface area contributed by atoms with E-state index >= 15 is 0 Å². The fraction of sp³-hybridized carbons (Fsp3) is 0.300. The van der Waals surface area contributed by atoms with E-state index in [9.17, 15) is 13.6 Å². The second kappa shape index (κ2) is 3.96. The van der Waals surface area contributed by atoms with E-state index in [0.717, 1.165) is 6.07 Å². The molecule has 0 aliphatic carbocycles. The molecule has 0 aromatic heterocycles. The molecule has 0 atom stereocenters. The summed E-state index contributed by atoms with van der Waals surface area (Å²) in [6, 6.07) is 2.09. The predicted molar refractivity (Wildman–Crippen MR) is 49.3 cm³/mol. The van der Waals surface area contributed by atoms with Crippen LogP contribution < -0.4 is 9.47 Å². The summed E-state index contributed by atoms with van der Waals surface area (Å²) >= 11 is 0. The Kier molecular flexibility index (Phi) is 2.64. The van der Waals surface area contributed by atoms with Crippen LogP contribution in [-0.2, 0) is 0 Å². The van der Waals surface area contributed by atoms with Crippen LogP contribution in [0, 0.1) is 0 Å². The zero-order valence-corrected chi connectivity index (χ0v) is 8.07. The standard InChI is InChI=1S/C10H8F2O4/c11-9(12)6-3-5(10(13)14)4-7-8(6)16-2-1-15-7/h3-4,9H,1-2H2,(H,13,14). The summed E-state index contributed by atoms with van der Waals surface area (Å²) in [5.74, 6) is -1.29. The Labute approximate surface area is 89.4 Å². The maximum Gasteiger partial charge on any atom is 0.335 e. The number of carboxylic acid groups (broad SMARTS) is 1. The lowest BCUT2D eigenvalue weighted by molar-refractivity contribution is 0.0694. The van der Waals surface area contributed by atoms with Gasteiger partial charge < -0.3 is 14.6 Å². The first-order valence-electron chi connectivity index (χ1n) is 4.54. The first-order chi connectivity index (χ1) is 7.59. The molecule has 16 heavy (non-hydrogen) atoms. The van der Waals surface area contributed by atoms with Crippen molar-refractivity contribution in [2.45, 2.75) is 6.43 Å². The minimum atomic E-state index is -2.80. The largest absolute Gasteiger partial charge is 0.486 e. The summed E-state index contributed by atoms with van der Waals surface area (Å²) in [7, 11) is 0. The number of rotatable bonds is 2. The average molecular weight is 230 g/mol. The van der Waals surface area contributed by atoms with Crippen molar-refractivity contribution in [3.05, 3.63) is 23.3 Å². The number of ether oxygens (including phenoxy) is 2. The maximum atomic E-state index is 12.7. The van der Waals surface area contributed by atoms with Gasteiger partial charge in [-0.2, -0.15) is 0 Å². The number of fused-ring (bicyclic) bond motifs is 1. The van der Waals surface area contributed by atoms with Crippen molar-refractivity contribution in [2.75, 3.05) is 13.2 Å². The van der Waals surface area contributed by atoms with E-state index in [-0.39, 0.29) is 30.3 Å². The van der Waals surface area contributed by atoms with Crippen molar-refractivity contribution < 1.29 is 28.2 Å². The highest BCUT2D eigenvalue weighted by Crippen LogP contribution is 2.39. The highest BCUT2D eigenvalue weighted by atomic mass is 19.3. The van der Waals surface area contributed by atoms with Crippen LogP contribution in [-0.4, -0.2) is 24.3 Å². The van der Waals surface area contributed by atoms with Gasteiger partial charge in [0.05, 0.1) is 11.1 Å². The summed E-state index contributed by atoms with van der Waals surface area (Å²) < 4.78 is 35.5. The van der Waals surface area contributed by atoms with Gasteiger partial charge in [0, 0.05) is 0 Å². The fourth-order valence-electron chi connectivity index (χ4n) is 1.47. The molecule has 1 aromatic carbocycles. The molecule has 6 heteroatoms. The third-order valence-corrected chi connectivity index (χ3v) is 2.15. The molecule has 0 saturated heterocycles. The highest BCUT2D eigenvalue weighted by Gasteiger charge is 2.24. The molecule has 1 heterocycles. The molecule has 1 aliphatic heterocycles. The Balaban J connectivity index is 2.56. The molecule has 0 saturated carbocycles. The summed E-state index contributed by atoms with van der Waals surface area (Å²) in [5, 5.41) is 8.75. The Hall–Kier alpha value is -1.85. The van der Waals surface area contributed by atoms with Gasteiger partial charge in [0.25, 0.3) is 6.43 Å². The molecule has 2 rings (SSSR count). The summed E-state index contributed by atoms with van der Waals surface area (Å²) in [4.78, 5) is 10.7. The molecule has 0 bridgehead atoms. The van der Waals surface area contributed by atoms with Crippen LogP contribution in [0.1, 0.15) is 22.3 Å². The van der Waals surface area contributed by atoms with E-state index in [1.807, 2.05) is 0 Å². The molecule has 0 unspecified atom stereocenters. The topological polar surface area (TPSA) is 55.8 Å². The zero-order valence-electron chi connectivity index (χ0n) is 8.07. The fourth-order valence-corrected chi connectivity index (χ4v) is 1.47. The van der Waals surface area contributed by atoms with Gasteiger partial charge in [-0.15, -0.1) is 0 Å². The van der Waals surface area contributed by atoms with Crippen molar-refractivity contribution in [1.82, 2.24) is 0 Å². The second-order valence-electron chi connectivity index (χ2n) is 3.20. The van der Waals surface area contributed by atoms with Crippen molar-refractivity contribution in [2.24, 2.45) is 0 Å². The Morgan fingerprint density at radius 2 is 2.00 bits per heavy atom. The normalized spacial score (nSPS) is 13.9. The first-order valence-corrected chi connectivity index (χ1v) is 4.54. The summed E-state index contributed by atoms with van der Waals surface area (Å²) in [6.45, 7) is 0.401. The number of aromatic carboxylic acids is 1. The molecular formula is C10H8F2O4. The number of alkyl halides is 2. The number of hydrogen-bond acceptors (Lipinski definition) is 3.